The van der Waals surface area contributed by atoms with E-state index in [4.69, 9.17) is 0 Å². The molecular formula is C36H46O3. The first kappa shape index (κ1) is 27.6. The van der Waals surface area contributed by atoms with E-state index < -0.39 is 0 Å². The van der Waals surface area contributed by atoms with E-state index in [1.54, 1.807) is 0 Å². The minimum Gasteiger partial charge on any atom is -0.508 e. The molecule has 0 atom stereocenters. The monoisotopic (exact) mass is 526 g/mol. The van der Waals surface area contributed by atoms with Crippen LogP contribution in [0.25, 0.3) is 0 Å². The van der Waals surface area contributed by atoms with Gasteiger partial charge in [-0.05, 0) is 114 Å². The average molecular weight is 527 g/mol. The fraction of sp³-hybridized carbons (Fsp3) is 0.500. The molecular weight excluding hydrogens is 480 g/mol. The standard InChI is InChI=1S/C36H46O3/c1-24(2)31-22-28(10-14-33(31)38)36(29-11-15-34(39)32(23-29)25(3)4)20-16-27(17-21-36)35(18-6-5-7-19-35)26-8-12-30(37)13-9-26/h8-15,22-25,27,37-39H,5-7,16-21H2,1-4H3. The Morgan fingerprint density at radius 3 is 1.51 bits per heavy atom. The van der Waals surface area contributed by atoms with E-state index in [2.05, 4.69) is 64.1 Å². The van der Waals surface area contributed by atoms with Crippen LogP contribution in [0.3, 0.4) is 0 Å². The van der Waals surface area contributed by atoms with Crippen LogP contribution in [-0.4, -0.2) is 15.3 Å². The molecule has 3 heteroatoms. The van der Waals surface area contributed by atoms with Crippen molar-refractivity contribution in [3.63, 3.8) is 0 Å². The van der Waals surface area contributed by atoms with E-state index >= 15 is 0 Å². The molecule has 3 N–H and O–H groups in total. The third kappa shape index (κ3) is 5.06. The molecule has 0 saturated heterocycles. The van der Waals surface area contributed by atoms with Gasteiger partial charge in [-0.3, -0.25) is 0 Å². The summed E-state index contributed by atoms with van der Waals surface area (Å²) in [4.78, 5) is 0. The molecule has 208 valence electrons. The minimum atomic E-state index is -0.157. The Balaban J connectivity index is 1.57. The molecule has 3 nitrogen and oxygen atoms in total. The topological polar surface area (TPSA) is 60.7 Å². The van der Waals surface area contributed by atoms with E-state index in [0.717, 1.165) is 36.8 Å². The van der Waals surface area contributed by atoms with Gasteiger partial charge in [0.25, 0.3) is 0 Å². The maximum absolute atomic E-state index is 10.7. The quantitative estimate of drug-likeness (QED) is 0.300. The molecule has 3 aromatic rings. The van der Waals surface area contributed by atoms with Crippen LogP contribution >= 0.6 is 0 Å². The number of phenolic OH excluding ortho intramolecular Hbond substituents is 3. The predicted molar refractivity (Wildman–Crippen MR) is 160 cm³/mol. The molecule has 2 saturated carbocycles. The number of hydrogen-bond acceptors (Lipinski definition) is 3. The molecule has 2 aliphatic carbocycles. The summed E-state index contributed by atoms with van der Waals surface area (Å²) in [5.74, 6) is 2.17. The van der Waals surface area contributed by atoms with Crippen LogP contribution in [0.4, 0.5) is 0 Å². The number of phenols is 3. The SMILES string of the molecule is CC(C)c1cc(C2(c3ccc(O)c(C(C)C)c3)CCC(C3(c4ccc(O)cc4)CCCCC3)CC2)ccc1O. The summed E-state index contributed by atoms with van der Waals surface area (Å²) in [7, 11) is 0. The van der Waals surface area contributed by atoms with Crippen molar-refractivity contribution in [1.82, 2.24) is 0 Å². The van der Waals surface area contributed by atoms with E-state index in [9.17, 15) is 15.3 Å². The molecule has 0 spiro atoms. The van der Waals surface area contributed by atoms with Crippen LogP contribution in [0.15, 0.2) is 60.7 Å². The molecule has 0 heterocycles. The maximum Gasteiger partial charge on any atom is 0.119 e. The van der Waals surface area contributed by atoms with Gasteiger partial charge in [-0.1, -0.05) is 83.4 Å². The van der Waals surface area contributed by atoms with Crippen LogP contribution in [0, 0.1) is 5.92 Å². The van der Waals surface area contributed by atoms with Crippen LogP contribution in [0.1, 0.15) is 125 Å². The van der Waals surface area contributed by atoms with E-state index in [-0.39, 0.29) is 22.7 Å². The Hall–Kier alpha value is -2.94. The van der Waals surface area contributed by atoms with Gasteiger partial charge in [-0.25, -0.2) is 0 Å². The van der Waals surface area contributed by atoms with Crippen molar-refractivity contribution in [1.29, 1.82) is 0 Å². The van der Waals surface area contributed by atoms with Gasteiger partial charge >= 0.3 is 0 Å². The Kier molecular flexibility index (Phi) is 7.73. The van der Waals surface area contributed by atoms with Gasteiger partial charge < -0.3 is 15.3 Å². The molecule has 0 bridgehead atoms. The zero-order chi connectivity index (χ0) is 27.8. The second-order valence-electron chi connectivity index (χ2n) is 13.0. The average Bonchev–Trinajstić information content (AvgIpc) is 2.94. The first-order chi connectivity index (χ1) is 18.7. The van der Waals surface area contributed by atoms with E-state index in [1.165, 1.54) is 48.8 Å². The van der Waals surface area contributed by atoms with Gasteiger partial charge in [-0.2, -0.15) is 0 Å². The molecule has 2 fully saturated rings. The lowest BCUT2D eigenvalue weighted by molar-refractivity contribution is 0.124. The highest BCUT2D eigenvalue weighted by Crippen LogP contribution is 2.56. The molecule has 39 heavy (non-hydrogen) atoms. The Labute approximate surface area is 234 Å². The molecule has 0 aromatic heterocycles. The number of rotatable bonds is 6. The lowest BCUT2D eigenvalue weighted by Crippen LogP contribution is -2.43. The number of aromatic hydroxyl groups is 3. The maximum atomic E-state index is 10.7. The van der Waals surface area contributed by atoms with E-state index in [0.29, 0.717) is 23.2 Å². The van der Waals surface area contributed by atoms with Gasteiger partial charge in [0.15, 0.2) is 0 Å². The summed E-state index contributed by atoms with van der Waals surface area (Å²) in [6.07, 6.45) is 10.7. The zero-order valence-corrected chi connectivity index (χ0v) is 24.2. The van der Waals surface area contributed by atoms with Gasteiger partial charge in [0.05, 0.1) is 0 Å². The fourth-order valence-electron chi connectivity index (χ4n) is 7.95. The van der Waals surface area contributed by atoms with Gasteiger partial charge in [0, 0.05) is 5.41 Å². The highest BCUT2D eigenvalue weighted by atomic mass is 16.3. The largest absolute Gasteiger partial charge is 0.508 e. The summed E-state index contributed by atoms with van der Waals surface area (Å²) in [5, 5.41) is 31.3. The highest BCUT2D eigenvalue weighted by molar-refractivity contribution is 5.50. The zero-order valence-electron chi connectivity index (χ0n) is 24.2. The fourth-order valence-corrected chi connectivity index (χ4v) is 7.95. The summed E-state index contributed by atoms with van der Waals surface area (Å²) in [6, 6.07) is 20.6. The molecule has 0 radical (unpaired) electrons. The van der Waals surface area contributed by atoms with Gasteiger partial charge in [-0.15, -0.1) is 0 Å². The van der Waals surface area contributed by atoms with Crippen molar-refractivity contribution in [2.45, 2.75) is 108 Å². The third-order valence-electron chi connectivity index (χ3n) is 10.2. The van der Waals surface area contributed by atoms with Crippen molar-refractivity contribution < 1.29 is 15.3 Å². The second kappa shape index (κ2) is 10.9. The van der Waals surface area contributed by atoms with Crippen LogP contribution in [-0.2, 0) is 10.8 Å². The molecule has 0 aliphatic heterocycles. The van der Waals surface area contributed by atoms with Crippen LogP contribution in [0.5, 0.6) is 17.2 Å². The lowest BCUT2D eigenvalue weighted by Gasteiger charge is -2.50. The third-order valence-corrected chi connectivity index (χ3v) is 10.2. The molecule has 0 unspecified atom stereocenters. The normalized spacial score (nSPS) is 19.4. The van der Waals surface area contributed by atoms with Gasteiger partial charge in [0.2, 0.25) is 0 Å². The first-order valence-electron chi connectivity index (χ1n) is 15.1. The Bertz CT molecular complexity index is 1210. The number of benzene rings is 3. The van der Waals surface area contributed by atoms with Gasteiger partial charge in [0.1, 0.15) is 17.2 Å². The van der Waals surface area contributed by atoms with Crippen molar-refractivity contribution in [2.75, 3.05) is 0 Å². The summed E-state index contributed by atoms with van der Waals surface area (Å²) in [5.41, 5.74) is 5.99. The second-order valence-corrected chi connectivity index (χ2v) is 13.0. The summed E-state index contributed by atoms with van der Waals surface area (Å²) in [6.45, 7) is 8.57. The Morgan fingerprint density at radius 1 is 0.590 bits per heavy atom. The van der Waals surface area contributed by atoms with Crippen molar-refractivity contribution >= 4 is 0 Å². The lowest BCUT2D eigenvalue weighted by atomic mass is 9.54. The molecule has 5 rings (SSSR count). The Morgan fingerprint density at radius 2 is 1.05 bits per heavy atom. The smallest absolute Gasteiger partial charge is 0.119 e. The molecule has 0 amide bonds. The predicted octanol–water partition coefficient (Wildman–Crippen LogP) is 9.43. The van der Waals surface area contributed by atoms with Crippen LogP contribution in [0.2, 0.25) is 0 Å². The number of hydrogen-bond donors (Lipinski definition) is 3. The van der Waals surface area contributed by atoms with Crippen molar-refractivity contribution in [3.05, 3.63) is 88.5 Å². The van der Waals surface area contributed by atoms with Crippen molar-refractivity contribution in [2.24, 2.45) is 5.92 Å². The van der Waals surface area contributed by atoms with Crippen molar-refractivity contribution in [3.8, 4) is 17.2 Å². The van der Waals surface area contributed by atoms with Crippen LogP contribution < -0.4 is 0 Å². The summed E-state index contributed by atoms with van der Waals surface area (Å²) < 4.78 is 0. The highest BCUT2D eigenvalue weighted by Gasteiger charge is 2.47. The molecule has 2 aliphatic rings. The van der Waals surface area contributed by atoms with E-state index in [1.807, 2.05) is 24.3 Å². The summed E-state index contributed by atoms with van der Waals surface area (Å²) >= 11 is 0. The molecule has 3 aromatic carbocycles. The minimum absolute atomic E-state index is 0.157. The first-order valence-corrected chi connectivity index (χ1v) is 15.1.